The highest BCUT2D eigenvalue weighted by atomic mass is 79.9. The maximum absolute atomic E-state index is 11.5. The van der Waals surface area contributed by atoms with E-state index in [0.717, 1.165) is 15.6 Å². The minimum atomic E-state index is -0.832. The van der Waals surface area contributed by atoms with Crippen molar-refractivity contribution < 1.29 is 9.90 Å². The summed E-state index contributed by atoms with van der Waals surface area (Å²) in [4.78, 5) is 11.5. The van der Waals surface area contributed by atoms with Crippen LogP contribution in [0.4, 0.5) is 0 Å². The topological polar surface area (TPSA) is 37.3 Å². The zero-order valence-corrected chi connectivity index (χ0v) is 12.4. The molecule has 0 saturated carbocycles. The number of halogens is 2. The zero-order valence-electron chi connectivity index (χ0n) is 10.0. The Labute approximate surface area is 125 Å². The fraction of sp³-hybridized carbons (Fsp3) is 0.133. The molecule has 0 heterocycles. The molecule has 0 aliphatic rings. The van der Waals surface area contributed by atoms with Crippen molar-refractivity contribution in [3.05, 3.63) is 69.2 Å². The monoisotopic (exact) mass is 338 g/mol. The standard InChI is InChI=1S/C15H12BrClO2/c16-14-4-2-1-3-12(14)13(15(18)19)9-10-5-7-11(17)8-6-10/h1-8,13H,9H2,(H,18,19). The molecule has 2 aromatic carbocycles. The van der Waals surface area contributed by atoms with Gasteiger partial charge in [0.05, 0.1) is 5.92 Å². The molecule has 0 amide bonds. The Bertz CT molecular complexity index is 581. The van der Waals surface area contributed by atoms with Gasteiger partial charge in [-0.1, -0.05) is 57.9 Å². The molecule has 2 aromatic rings. The lowest BCUT2D eigenvalue weighted by Crippen LogP contribution is -2.15. The summed E-state index contributed by atoms with van der Waals surface area (Å²) in [5.74, 6) is -1.40. The fourth-order valence-corrected chi connectivity index (χ4v) is 2.63. The first-order valence-corrected chi connectivity index (χ1v) is 6.96. The Morgan fingerprint density at radius 3 is 2.37 bits per heavy atom. The molecule has 2 rings (SSSR count). The summed E-state index contributed by atoms with van der Waals surface area (Å²) in [5.41, 5.74) is 1.73. The lowest BCUT2D eigenvalue weighted by Gasteiger charge is -2.14. The van der Waals surface area contributed by atoms with Crippen molar-refractivity contribution in [2.45, 2.75) is 12.3 Å². The second-order valence-corrected chi connectivity index (χ2v) is 5.53. The Hall–Kier alpha value is -1.32. The third-order valence-corrected chi connectivity index (χ3v) is 3.91. The van der Waals surface area contributed by atoms with Crippen LogP contribution in [-0.4, -0.2) is 11.1 Å². The van der Waals surface area contributed by atoms with Crippen molar-refractivity contribution in [1.82, 2.24) is 0 Å². The van der Waals surface area contributed by atoms with E-state index in [1.54, 1.807) is 12.1 Å². The van der Waals surface area contributed by atoms with E-state index in [0.29, 0.717) is 11.4 Å². The Morgan fingerprint density at radius 2 is 1.79 bits per heavy atom. The molecular formula is C15H12BrClO2. The number of carboxylic acids is 1. The van der Waals surface area contributed by atoms with Gasteiger partial charge < -0.3 is 5.11 Å². The van der Waals surface area contributed by atoms with Gasteiger partial charge in [-0.25, -0.2) is 0 Å². The molecule has 0 saturated heterocycles. The summed E-state index contributed by atoms with van der Waals surface area (Å²) in [6.07, 6.45) is 0.440. The third-order valence-electron chi connectivity index (χ3n) is 2.93. The van der Waals surface area contributed by atoms with E-state index in [1.807, 2.05) is 36.4 Å². The molecule has 0 aliphatic carbocycles. The molecule has 1 atom stereocenters. The molecule has 0 aliphatic heterocycles. The average molecular weight is 340 g/mol. The minimum Gasteiger partial charge on any atom is -0.481 e. The highest BCUT2D eigenvalue weighted by Crippen LogP contribution is 2.28. The van der Waals surface area contributed by atoms with Crippen LogP contribution < -0.4 is 0 Å². The summed E-state index contributed by atoms with van der Waals surface area (Å²) in [7, 11) is 0. The Kier molecular flexibility index (Phi) is 4.61. The number of hydrogen-bond donors (Lipinski definition) is 1. The minimum absolute atomic E-state index is 0.440. The van der Waals surface area contributed by atoms with Crippen LogP contribution in [0.5, 0.6) is 0 Å². The SMILES string of the molecule is O=C(O)C(Cc1ccc(Cl)cc1)c1ccccc1Br. The number of aliphatic carboxylic acids is 1. The lowest BCUT2D eigenvalue weighted by atomic mass is 9.92. The highest BCUT2D eigenvalue weighted by molar-refractivity contribution is 9.10. The molecule has 0 fully saturated rings. The quantitative estimate of drug-likeness (QED) is 0.889. The van der Waals surface area contributed by atoms with Crippen molar-refractivity contribution in [3.63, 3.8) is 0 Å². The molecule has 4 heteroatoms. The number of carbonyl (C=O) groups is 1. The molecule has 19 heavy (non-hydrogen) atoms. The van der Waals surface area contributed by atoms with Gasteiger partial charge in [-0.2, -0.15) is 0 Å². The van der Waals surface area contributed by atoms with E-state index in [4.69, 9.17) is 11.6 Å². The van der Waals surface area contributed by atoms with Gasteiger partial charge >= 0.3 is 5.97 Å². The van der Waals surface area contributed by atoms with Gasteiger partial charge in [0.15, 0.2) is 0 Å². The van der Waals surface area contributed by atoms with E-state index < -0.39 is 11.9 Å². The smallest absolute Gasteiger partial charge is 0.311 e. The molecule has 1 unspecified atom stereocenters. The first-order valence-electron chi connectivity index (χ1n) is 5.79. The zero-order chi connectivity index (χ0) is 13.8. The van der Waals surface area contributed by atoms with Crippen molar-refractivity contribution in [3.8, 4) is 0 Å². The molecule has 1 N–H and O–H groups in total. The maximum atomic E-state index is 11.5. The van der Waals surface area contributed by atoms with E-state index >= 15 is 0 Å². The fourth-order valence-electron chi connectivity index (χ4n) is 1.94. The van der Waals surface area contributed by atoms with Gasteiger partial charge in [0.1, 0.15) is 0 Å². The molecule has 2 nitrogen and oxygen atoms in total. The lowest BCUT2D eigenvalue weighted by molar-refractivity contribution is -0.138. The van der Waals surface area contributed by atoms with Crippen LogP contribution in [0.3, 0.4) is 0 Å². The molecule has 0 aromatic heterocycles. The number of benzene rings is 2. The van der Waals surface area contributed by atoms with Crippen molar-refractivity contribution >= 4 is 33.5 Å². The van der Waals surface area contributed by atoms with Gasteiger partial charge in [0.2, 0.25) is 0 Å². The largest absolute Gasteiger partial charge is 0.481 e. The first kappa shape index (κ1) is 14.1. The summed E-state index contributed by atoms with van der Waals surface area (Å²) < 4.78 is 0.816. The first-order chi connectivity index (χ1) is 9.08. The van der Waals surface area contributed by atoms with Gasteiger partial charge in [-0.05, 0) is 35.7 Å². The molecule has 98 valence electrons. The van der Waals surface area contributed by atoms with Crippen LogP contribution in [-0.2, 0) is 11.2 Å². The predicted molar refractivity (Wildman–Crippen MR) is 79.7 cm³/mol. The summed E-state index contributed by atoms with van der Waals surface area (Å²) in [5, 5.41) is 10.1. The van der Waals surface area contributed by atoms with Gasteiger partial charge in [-0.15, -0.1) is 0 Å². The van der Waals surface area contributed by atoms with Crippen molar-refractivity contribution in [1.29, 1.82) is 0 Å². The van der Waals surface area contributed by atoms with E-state index in [9.17, 15) is 9.90 Å². The van der Waals surface area contributed by atoms with Crippen LogP contribution in [0.2, 0.25) is 5.02 Å². The highest BCUT2D eigenvalue weighted by Gasteiger charge is 2.22. The van der Waals surface area contributed by atoms with E-state index in [-0.39, 0.29) is 0 Å². The van der Waals surface area contributed by atoms with Gasteiger partial charge in [-0.3, -0.25) is 4.79 Å². The van der Waals surface area contributed by atoms with Crippen LogP contribution in [0.15, 0.2) is 53.0 Å². The number of rotatable bonds is 4. The molecule has 0 spiro atoms. The molecule has 0 radical (unpaired) electrons. The summed E-state index contributed by atoms with van der Waals surface area (Å²) in [6, 6.07) is 14.7. The van der Waals surface area contributed by atoms with Crippen LogP contribution in [0, 0.1) is 0 Å². The van der Waals surface area contributed by atoms with Crippen LogP contribution in [0.25, 0.3) is 0 Å². The molecular weight excluding hydrogens is 328 g/mol. The second-order valence-electron chi connectivity index (χ2n) is 4.24. The van der Waals surface area contributed by atoms with Crippen molar-refractivity contribution in [2.24, 2.45) is 0 Å². The van der Waals surface area contributed by atoms with Crippen LogP contribution >= 0.6 is 27.5 Å². The Balaban J connectivity index is 2.29. The summed E-state index contributed by atoms with van der Waals surface area (Å²) >= 11 is 9.23. The maximum Gasteiger partial charge on any atom is 0.311 e. The van der Waals surface area contributed by atoms with Gasteiger partial charge in [0.25, 0.3) is 0 Å². The number of carboxylic acid groups (broad SMARTS) is 1. The predicted octanol–water partition coefficient (Wildman–Crippen LogP) is 4.51. The Morgan fingerprint density at radius 1 is 1.16 bits per heavy atom. The third kappa shape index (κ3) is 3.58. The van der Waals surface area contributed by atoms with Crippen molar-refractivity contribution in [2.75, 3.05) is 0 Å². The van der Waals surface area contributed by atoms with E-state index in [1.165, 1.54) is 0 Å². The summed E-state index contributed by atoms with van der Waals surface area (Å²) in [6.45, 7) is 0. The normalized spacial score (nSPS) is 12.1. The number of hydrogen-bond acceptors (Lipinski definition) is 1. The second kappa shape index (κ2) is 6.22. The van der Waals surface area contributed by atoms with E-state index in [2.05, 4.69) is 15.9 Å². The van der Waals surface area contributed by atoms with Gasteiger partial charge in [0, 0.05) is 9.50 Å². The molecule has 0 bridgehead atoms. The average Bonchev–Trinajstić information content (AvgIpc) is 2.39. The van der Waals surface area contributed by atoms with Crippen LogP contribution in [0.1, 0.15) is 17.0 Å².